The summed E-state index contributed by atoms with van der Waals surface area (Å²) in [5, 5.41) is 2.94. The van der Waals surface area contributed by atoms with Gasteiger partial charge in [-0.05, 0) is 80.7 Å². The lowest BCUT2D eigenvalue weighted by atomic mass is 9.96. The van der Waals surface area contributed by atoms with Crippen LogP contribution in [-0.2, 0) is 16.0 Å². The summed E-state index contributed by atoms with van der Waals surface area (Å²) >= 11 is 0. The Morgan fingerprint density at radius 2 is 1.69 bits per heavy atom. The first-order valence-electron chi connectivity index (χ1n) is 11.2. The number of ether oxygens (including phenoxy) is 2. The summed E-state index contributed by atoms with van der Waals surface area (Å²) in [4.78, 5) is 25.8. The number of nitrogens with zero attached hydrogens (tertiary/aromatic N) is 1. The molecule has 1 fully saturated rings. The van der Waals surface area contributed by atoms with E-state index in [1.165, 1.54) is 5.56 Å². The Bertz CT molecular complexity index is 860. The van der Waals surface area contributed by atoms with E-state index in [2.05, 4.69) is 22.3 Å². The standard InChI is InChI=1S/C25H33N3O4/c1-31-22-8-10-23(11-9-22)32-18-2-3-24(29)27-21-6-4-19(5-7-21)12-15-28-16-13-20(14-17-28)25(26)30/h4-11,20H,2-3,12-18H2,1H3,(H2,26,30)(H,27,29). The monoisotopic (exact) mass is 439 g/mol. The van der Waals surface area contributed by atoms with E-state index in [1.807, 2.05) is 36.4 Å². The summed E-state index contributed by atoms with van der Waals surface area (Å²) in [5.74, 6) is 1.38. The van der Waals surface area contributed by atoms with Gasteiger partial charge in [-0.2, -0.15) is 0 Å². The molecule has 0 saturated carbocycles. The average molecular weight is 440 g/mol. The molecule has 3 N–H and O–H groups in total. The number of primary amides is 1. The first-order chi connectivity index (χ1) is 15.5. The van der Waals surface area contributed by atoms with Gasteiger partial charge in [-0.25, -0.2) is 0 Å². The Morgan fingerprint density at radius 1 is 1.03 bits per heavy atom. The van der Waals surface area contributed by atoms with Crippen LogP contribution in [0.5, 0.6) is 11.5 Å². The van der Waals surface area contributed by atoms with Crippen LogP contribution in [0.15, 0.2) is 48.5 Å². The average Bonchev–Trinajstić information content (AvgIpc) is 2.82. The van der Waals surface area contributed by atoms with Gasteiger partial charge >= 0.3 is 0 Å². The lowest BCUT2D eigenvalue weighted by Gasteiger charge is -2.30. The number of likely N-dealkylation sites (tertiary alicyclic amines) is 1. The number of benzene rings is 2. The number of rotatable bonds is 11. The Hall–Kier alpha value is -3.06. The van der Waals surface area contributed by atoms with Crippen LogP contribution in [0, 0.1) is 5.92 Å². The number of piperidine rings is 1. The van der Waals surface area contributed by atoms with E-state index in [0.29, 0.717) is 19.4 Å². The molecule has 2 aromatic rings. The highest BCUT2D eigenvalue weighted by atomic mass is 16.5. The lowest BCUT2D eigenvalue weighted by molar-refractivity contribution is -0.123. The highest BCUT2D eigenvalue weighted by Crippen LogP contribution is 2.18. The van der Waals surface area contributed by atoms with Crippen LogP contribution in [0.1, 0.15) is 31.2 Å². The number of nitrogens with one attached hydrogen (secondary N) is 1. The van der Waals surface area contributed by atoms with Gasteiger partial charge in [0.2, 0.25) is 11.8 Å². The summed E-state index contributed by atoms with van der Waals surface area (Å²) in [7, 11) is 1.63. The minimum atomic E-state index is -0.174. The summed E-state index contributed by atoms with van der Waals surface area (Å²) < 4.78 is 10.8. The van der Waals surface area contributed by atoms with Gasteiger partial charge in [-0.15, -0.1) is 0 Å². The highest BCUT2D eigenvalue weighted by Gasteiger charge is 2.22. The van der Waals surface area contributed by atoms with E-state index in [-0.39, 0.29) is 17.7 Å². The zero-order valence-electron chi connectivity index (χ0n) is 18.7. The van der Waals surface area contributed by atoms with Crippen molar-refractivity contribution >= 4 is 17.5 Å². The molecule has 0 radical (unpaired) electrons. The van der Waals surface area contributed by atoms with Crippen molar-refractivity contribution < 1.29 is 19.1 Å². The molecule has 0 aromatic heterocycles. The molecule has 2 aromatic carbocycles. The molecule has 1 heterocycles. The van der Waals surface area contributed by atoms with E-state index in [1.54, 1.807) is 7.11 Å². The number of hydrogen-bond acceptors (Lipinski definition) is 5. The predicted octanol–water partition coefficient (Wildman–Crippen LogP) is 3.23. The van der Waals surface area contributed by atoms with Crippen LogP contribution >= 0.6 is 0 Å². The van der Waals surface area contributed by atoms with Crippen molar-refractivity contribution in [3.63, 3.8) is 0 Å². The third-order valence-corrected chi connectivity index (χ3v) is 5.82. The zero-order valence-corrected chi connectivity index (χ0v) is 18.7. The molecule has 0 bridgehead atoms. The van der Waals surface area contributed by atoms with Gasteiger partial charge in [-0.1, -0.05) is 12.1 Å². The van der Waals surface area contributed by atoms with Crippen molar-refractivity contribution in [2.24, 2.45) is 11.7 Å². The second-order valence-corrected chi connectivity index (χ2v) is 8.14. The SMILES string of the molecule is COc1ccc(OCCCC(=O)Nc2ccc(CCN3CCC(C(N)=O)CC3)cc2)cc1. The number of nitrogens with two attached hydrogens (primary N) is 1. The quantitative estimate of drug-likeness (QED) is 0.524. The molecular formula is C25H33N3O4. The summed E-state index contributed by atoms with van der Waals surface area (Å²) in [6.07, 6.45) is 3.69. The molecule has 32 heavy (non-hydrogen) atoms. The Kier molecular flexibility index (Phi) is 8.92. The zero-order chi connectivity index (χ0) is 22.8. The normalized spacial score (nSPS) is 14.7. The van der Waals surface area contributed by atoms with E-state index in [9.17, 15) is 9.59 Å². The van der Waals surface area contributed by atoms with Gasteiger partial charge in [0, 0.05) is 24.6 Å². The van der Waals surface area contributed by atoms with Crippen LogP contribution in [0.3, 0.4) is 0 Å². The molecule has 7 heteroatoms. The van der Waals surface area contributed by atoms with Gasteiger partial charge in [0.1, 0.15) is 11.5 Å². The van der Waals surface area contributed by atoms with Gasteiger partial charge in [0.05, 0.1) is 13.7 Å². The first kappa shape index (κ1) is 23.6. The fourth-order valence-corrected chi connectivity index (χ4v) is 3.80. The molecule has 0 aliphatic carbocycles. The smallest absolute Gasteiger partial charge is 0.224 e. The highest BCUT2D eigenvalue weighted by molar-refractivity contribution is 5.90. The van der Waals surface area contributed by atoms with E-state index in [4.69, 9.17) is 15.2 Å². The number of carbonyl (C=O) groups excluding carboxylic acids is 2. The third-order valence-electron chi connectivity index (χ3n) is 5.82. The van der Waals surface area contributed by atoms with Crippen molar-refractivity contribution in [1.82, 2.24) is 4.90 Å². The van der Waals surface area contributed by atoms with Crippen molar-refractivity contribution in [2.75, 3.05) is 38.7 Å². The van der Waals surface area contributed by atoms with Crippen LogP contribution in [0.2, 0.25) is 0 Å². The molecule has 3 rings (SSSR count). The van der Waals surface area contributed by atoms with Crippen LogP contribution in [0.4, 0.5) is 5.69 Å². The fourth-order valence-electron chi connectivity index (χ4n) is 3.80. The van der Waals surface area contributed by atoms with Crippen molar-refractivity contribution in [1.29, 1.82) is 0 Å². The maximum absolute atomic E-state index is 12.2. The minimum absolute atomic E-state index is 0.0200. The second-order valence-electron chi connectivity index (χ2n) is 8.14. The predicted molar refractivity (Wildman–Crippen MR) is 125 cm³/mol. The summed E-state index contributed by atoms with van der Waals surface area (Å²) in [6.45, 7) is 3.29. The molecule has 7 nitrogen and oxygen atoms in total. The largest absolute Gasteiger partial charge is 0.497 e. The molecule has 172 valence electrons. The molecule has 1 aliphatic heterocycles. The molecule has 0 atom stereocenters. The third kappa shape index (κ3) is 7.57. The number of amides is 2. The number of anilines is 1. The van der Waals surface area contributed by atoms with Crippen LogP contribution in [-0.4, -0.2) is 50.1 Å². The lowest BCUT2D eigenvalue weighted by Crippen LogP contribution is -2.39. The van der Waals surface area contributed by atoms with Gasteiger partial charge in [0.25, 0.3) is 0 Å². The molecule has 0 unspecified atom stereocenters. The van der Waals surface area contributed by atoms with Crippen LogP contribution < -0.4 is 20.5 Å². The van der Waals surface area contributed by atoms with Crippen LogP contribution in [0.25, 0.3) is 0 Å². The summed E-state index contributed by atoms with van der Waals surface area (Å²) in [6, 6.07) is 15.4. The Morgan fingerprint density at radius 3 is 2.31 bits per heavy atom. The number of methoxy groups -OCH3 is 1. The fraction of sp³-hybridized carbons (Fsp3) is 0.440. The maximum Gasteiger partial charge on any atom is 0.224 e. The first-order valence-corrected chi connectivity index (χ1v) is 11.2. The van der Waals surface area contributed by atoms with E-state index >= 15 is 0 Å². The van der Waals surface area contributed by atoms with Crippen molar-refractivity contribution in [2.45, 2.75) is 32.1 Å². The van der Waals surface area contributed by atoms with Crippen molar-refractivity contribution in [3.05, 3.63) is 54.1 Å². The topological polar surface area (TPSA) is 93.9 Å². The van der Waals surface area contributed by atoms with Crippen molar-refractivity contribution in [3.8, 4) is 11.5 Å². The Balaban J connectivity index is 1.31. The molecule has 2 amide bonds. The van der Waals surface area contributed by atoms with E-state index in [0.717, 1.165) is 56.1 Å². The molecule has 1 aliphatic rings. The number of carbonyl (C=O) groups is 2. The molecular weight excluding hydrogens is 406 g/mol. The van der Waals surface area contributed by atoms with Gasteiger partial charge < -0.3 is 25.4 Å². The van der Waals surface area contributed by atoms with Gasteiger partial charge in [-0.3, -0.25) is 9.59 Å². The summed E-state index contributed by atoms with van der Waals surface area (Å²) in [5.41, 5.74) is 7.43. The van der Waals surface area contributed by atoms with Gasteiger partial charge in [0.15, 0.2) is 0 Å². The molecule has 1 saturated heterocycles. The second kappa shape index (κ2) is 12.1. The number of hydrogen-bond donors (Lipinski definition) is 2. The molecule has 0 spiro atoms. The minimum Gasteiger partial charge on any atom is -0.497 e. The maximum atomic E-state index is 12.2. The van der Waals surface area contributed by atoms with E-state index < -0.39 is 0 Å². The Labute approximate surface area is 189 Å².